The predicted molar refractivity (Wildman–Crippen MR) is 103 cm³/mol. The van der Waals surface area contributed by atoms with Crippen LogP contribution in [-0.2, 0) is 9.53 Å². The summed E-state index contributed by atoms with van der Waals surface area (Å²) in [6.45, 7) is 1.80. The molecule has 2 aromatic rings. The smallest absolute Gasteiger partial charge is 0.344 e. The highest BCUT2D eigenvalue weighted by molar-refractivity contribution is 8.18. The van der Waals surface area contributed by atoms with Gasteiger partial charge >= 0.3 is 5.97 Å². The molecule has 1 aliphatic heterocycles. The third-order valence-electron chi connectivity index (χ3n) is 3.65. The van der Waals surface area contributed by atoms with Crippen molar-refractivity contribution in [2.75, 3.05) is 6.61 Å². The van der Waals surface area contributed by atoms with Crippen molar-refractivity contribution in [1.29, 1.82) is 0 Å². The van der Waals surface area contributed by atoms with Crippen LogP contribution >= 0.6 is 11.8 Å². The molecular formula is C20H16FNO4S. The number of para-hydroxylation sites is 1. The number of aliphatic imine (C=N–C) groups is 1. The van der Waals surface area contributed by atoms with Crippen molar-refractivity contribution < 1.29 is 24.1 Å². The van der Waals surface area contributed by atoms with Crippen molar-refractivity contribution in [3.05, 3.63) is 76.1 Å². The van der Waals surface area contributed by atoms with Crippen molar-refractivity contribution >= 4 is 34.5 Å². The van der Waals surface area contributed by atoms with Gasteiger partial charge < -0.3 is 14.9 Å². The van der Waals surface area contributed by atoms with Gasteiger partial charge in [0.1, 0.15) is 27.9 Å². The van der Waals surface area contributed by atoms with Crippen molar-refractivity contribution in [1.82, 2.24) is 0 Å². The lowest BCUT2D eigenvalue weighted by atomic mass is 10.1. The fourth-order valence-corrected chi connectivity index (χ4v) is 3.40. The number of carbonyl (C=O) groups is 1. The van der Waals surface area contributed by atoms with E-state index in [2.05, 4.69) is 4.99 Å². The van der Waals surface area contributed by atoms with Crippen LogP contribution < -0.4 is 0 Å². The quantitative estimate of drug-likeness (QED) is 0.744. The van der Waals surface area contributed by atoms with Gasteiger partial charge in [0.15, 0.2) is 0 Å². The average molecular weight is 385 g/mol. The summed E-state index contributed by atoms with van der Waals surface area (Å²) in [4.78, 5) is 17.0. The second-order valence-electron chi connectivity index (χ2n) is 5.51. The second-order valence-corrected chi connectivity index (χ2v) is 6.54. The Bertz CT molecular complexity index is 964. The molecule has 0 aliphatic carbocycles. The molecular weight excluding hydrogens is 369 g/mol. The molecule has 0 saturated heterocycles. The maximum absolute atomic E-state index is 13.1. The molecule has 0 spiro atoms. The SMILES string of the molecule is CCOC(=O)C1=C(O)/C(=C\c2ccccc2O)SC1=Nc1ccc(F)cc1. The van der Waals surface area contributed by atoms with E-state index in [-0.39, 0.29) is 28.7 Å². The van der Waals surface area contributed by atoms with E-state index in [4.69, 9.17) is 4.74 Å². The number of nitrogens with zero attached hydrogens (tertiary/aromatic N) is 1. The number of aromatic hydroxyl groups is 1. The van der Waals surface area contributed by atoms with Gasteiger partial charge in [-0.1, -0.05) is 30.0 Å². The number of rotatable bonds is 4. The maximum Gasteiger partial charge on any atom is 0.344 e. The third kappa shape index (κ3) is 4.20. The molecule has 0 amide bonds. The molecule has 0 atom stereocenters. The van der Waals surface area contributed by atoms with E-state index in [0.717, 1.165) is 11.8 Å². The van der Waals surface area contributed by atoms with Crippen molar-refractivity contribution in [3.63, 3.8) is 0 Å². The molecule has 138 valence electrons. The zero-order valence-electron chi connectivity index (χ0n) is 14.3. The zero-order chi connectivity index (χ0) is 19.4. The number of esters is 1. The average Bonchev–Trinajstić information content (AvgIpc) is 2.94. The minimum absolute atomic E-state index is 0.0417. The number of aliphatic hydroxyl groups is 1. The van der Waals surface area contributed by atoms with Gasteiger partial charge in [-0.3, -0.25) is 0 Å². The fourth-order valence-electron chi connectivity index (χ4n) is 2.38. The second kappa shape index (κ2) is 8.09. The number of carbonyl (C=O) groups excluding carboxylic acids is 1. The molecule has 0 radical (unpaired) electrons. The molecule has 7 heteroatoms. The first-order valence-electron chi connectivity index (χ1n) is 8.12. The van der Waals surface area contributed by atoms with Gasteiger partial charge in [-0.2, -0.15) is 0 Å². The first kappa shape index (κ1) is 18.7. The number of aliphatic hydroxyl groups excluding tert-OH is 1. The largest absolute Gasteiger partial charge is 0.507 e. The number of phenolic OH excluding ortho intramolecular Hbond substituents is 1. The van der Waals surface area contributed by atoms with Gasteiger partial charge in [0.05, 0.1) is 17.2 Å². The molecule has 0 aromatic heterocycles. The van der Waals surface area contributed by atoms with E-state index in [1.165, 1.54) is 30.3 Å². The van der Waals surface area contributed by atoms with Crippen LogP contribution in [0.2, 0.25) is 0 Å². The van der Waals surface area contributed by atoms with Crippen molar-refractivity contribution in [2.24, 2.45) is 4.99 Å². The lowest BCUT2D eigenvalue weighted by Crippen LogP contribution is -2.12. The molecule has 2 N–H and O–H groups in total. The van der Waals surface area contributed by atoms with Gasteiger partial charge in [-0.15, -0.1) is 0 Å². The first-order valence-corrected chi connectivity index (χ1v) is 8.94. The predicted octanol–water partition coefficient (Wildman–Crippen LogP) is 4.72. The van der Waals surface area contributed by atoms with Crippen LogP contribution in [-0.4, -0.2) is 27.8 Å². The van der Waals surface area contributed by atoms with E-state index in [9.17, 15) is 19.4 Å². The lowest BCUT2D eigenvalue weighted by molar-refractivity contribution is -0.138. The van der Waals surface area contributed by atoms with Gasteiger partial charge in [0.2, 0.25) is 0 Å². The van der Waals surface area contributed by atoms with Crippen LogP contribution in [0.1, 0.15) is 12.5 Å². The van der Waals surface area contributed by atoms with Crippen LogP contribution in [0.3, 0.4) is 0 Å². The molecule has 0 bridgehead atoms. The normalized spacial score (nSPS) is 17.0. The van der Waals surface area contributed by atoms with E-state index < -0.39 is 11.8 Å². The summed E-state index contributed by atoms with van der Waals surface area (Å²) in [5.41, 5.74) is 0.850. The Kier molecular flexibility index (Phi) is 5.61. The number of phenols is 1. The number of thioether (sulfide) groups is 1. The highest BCUT2D eigenvalue weighted by atomic mass is 32.2. The highest BCUT2D eigenvalue weighted by Gasteiger charge is 2.33. The third-order valence-corrected chi connectivity index (χ3v) is 4.67. The Labute approximate surface area is 159 Å². The molecule has 1 aliphatic rings. The molecule has 27 heavy (non-hydrogen) atoms. The monoisotopic (exact) mass is 385 g/mol. The van der Waals surface area contributed by atoms with Gasteiger partial charge in [0.25, 0.3) is 0 Å². The fraction of sp³-hybridized carbons (Fsp3) is 0.100. The van der Waals surface area contributed by atoms with Gasteiger partial charge in [-0.25, -0.2) is 14.2 Å². The molecule has 0 unspecified atom stereocenters. The number of halogens is 1. The van der Waals surface area contributed by atoms with E-state index >= 15 is 0 Å². The molecule has 3 rings (SSSR count). The summed E-state index contributed by atoms with van der Waals surface area (Å²) in [5, 5.41) is 20.7. The van der Waals surface area contributed by atoms with Crippen LogP contribution in [0.25, 0.3) is 6.08 Å². The van der Waals surface area contributed by atoms with E-state index in [0.29, 0.717) is 16.2 Å². The molecule has 5 nitrogen and oxygen atoms in total. The van der Waals surface area contributed by atoms with E-state index in [1.54, 1.807) is 31.2 Å². The summed E-state index contributed by atoms with van der Waals surface area (Å²) in [7, 11) is 0. The summed E-state index contributed by atoms with van der Waals surface area (Å²) < 4.78 is 18.1. The lowest BCUT2D eigenvalue weighted by Gasteiger charge is -2.03. The van der Waals surface area contributed by atoms with Crippen molar-refractivity contribution in [3.8, 4) is 5.75 Å². The first-order chi connectivity index (χ1) is 13.0. The summed E-state index contributed by atoms with van der Waals surface area (Å²) in [6, 6.07) is 12.1. The number of hydrogen-bond donors (Lipinski definition) is 2. The molecule has 1 heterocycles. The van der Waals surface area contributed by atoms with Crippen molar-refractivity contribution in [2.45, 2.75) is 6.92 Å². The summed E-state index contributed by atoms with van der Waals surface area (Å²) in [6.07, 6.45) is 1.56. The number of benzene rings is 2. The van der Waals surface area contributed by atoms with Crippen LogP contribution in [0.15, 0.2) is 69.8 Å². The van der Waals surface area contributed by atoms with Gasteiger partial charge in [0, 0.05) is 5.56 Å². The molecule has 2 aromatic carbocycles. The van der Waals surface area contributed by atoms with Crippen LogP contribution in [0, 0.1) is 5.82 Å². The number of hydrogen-bond acceptors (Lipinski definition) is 6. The van der Waals surface area contributed by atoms with Gasteiger partial charge in [-0.05, 0) is 43.3 Å². The topological polar surface area (TPSA) is 79.1 Å². The van der Waals surface area contributed by atoms with Crippen LogP contribution in [0.4, 0.5) is 10.1 Å². The molecule has 0 saturated carbocycles. The van der Waals surface area contributed by atoms with Crippen LogP contribution in [0.5, 0.6) is 5.75 Å². The number of ether oxygens (including phenoxy) is 1. The summed E-state index contributed by atoms with van der Waals surface area (Å²) in [5.74, 6) is -1.34. The Balaban J connectivity index is 2.05. The standard InChI is InChI=1S/C20H16FNO4S/c1-2-26-20(25)17-18(24)16(11-12-5-3-4-6-15(12)23)27-19(17)22-14-9-7-13(21)8-10-14/h3-11,23-24H,2H2,1H3/b16-11+,22-19?. The minimum atomic E-state index is -0.705. The Morgan fingerprint density at radius 2 is 1.89 bits per heavy atom. The Morgan fingerprint density at radius 1 is 1.19 bits per heavy atom. The maximum atomic E-state index is 13.1. The summed E-state index contributed by atoms with van der Waals surface area (Å²) >= 11 is 1.06. The Hall–Kier alpha value is -3.06. The van der Waals surface area contributed by atoms with E-state index in [1.807, 2.05) is 0 Å². The zero-order valence-corrected chi connectivity index (χ0v) is 15.2. The highest BCUT2D eigenvalue weighted by Crippen LogP contribution is 2.40. The minimum Gasteiger partial charge on any atom is -0.507 e. The molecule has 0 fully saturated rings. The Morgan fingerprint density at radius 3 is 2.56 bits per heavy atom.